The smallest absolute Gasteiger partial charge is 0.272 e. The normalized spacial score (nSPS) is 24.1. The molecular formula is C24H29ClFN7O2. The lowest BCUT2D eigenvalue weighted by molar-refractivity contribution is 0.0129. The van der Waals surface area contributed by atoms with Crippen LogP contribution in [-0.4, -0.2) is 63.5 Å². The molecule has 1 fully saturated rings. The van der Waals surface area contributed by atoms with Crippen LogP contribution in [0.25, 0.3) is 11.0 Å². The molecule has 186 valence electrons. The topological polar surface area (TPSA) is 111 Å². The van der Waals surface area contributed by atoms with Gasteiger partial charge in [0.2, 0.25) is 0 Å². The fourth-order valence-electron chi connectivity index (χ4n) is 4.98. The number of hydrogen-bond donors (Lipinski definition) is 2. The van der Waals surface area contributed by atoms with E-state index in [4.69, 9.17) is 27.1 Å². The first-order valence-electron chi connectivity index (χ1n) is 11.8. The number of rotatable bonds is 5. The van der Waals surface area contributed by atoms with Crippen molar-refractivity contribution in [3.05, 3.63) is 46.1 Å². The maximum absolute atomic E-state index is 15.2. The van der Waals surface area contributed by atoms with Gasteiger partial charge in [-0.3, -0.25) is 4.79 Å². The van der Waals surface area contributed by atoms with Crippen LogP contribution in [0.15, 0.2) is 18.3 Å². The number of anilines is 1. The zero-order valence-corrected chi connectivity index (χ0v) is 20.8. The second-order valence-corrected chi connectivity index (χ2v) is 9.94. The van der Waals surface area contributed by atoms with Crippen molar-refractivity contribution in [1.29, 1.82) is 0 Å². The van der Waals surface area contributed by atoms with E-state index in [1.807, 2.05) is 23.3 Å². The summed E-state index contributed by atoms with van der Waals surface area (Å²) in [4.78, 5) is 19.6. The largest absolute Gasteiger partial charge is 0.375 e. The number of carbonyl (C=O) groups excluding carboxylic acids is 1. The lowest BCUT2D eigenvalue weighted by Crippen LogP contribution is -2.45. The number of aryl methyl sites for hydroxylation is 2. The summed E-state index contributed by atoms with van der Waals surface area (Å²) in [7, 11) is 1.64. The standard InChI is InChI=1S/C24H29ClFN7O2/c1-4-32-10-16(25)14-8-19(30-31-22(14)32)23(34)28-13-5-6-18-15(7-13)17(26)9-21(29-18)33-11-20(27)24(2,12-33)35-3/h8-10,13,20H,4-7,11-12,27H2,1-3H3,(H,28,34). The molecule has 3 unspecified atom stereocenters. The molecule has 0 spiro atoms. The highest BCUT2D eigenvalue weighted by Crippen LogP contribution is 2.31. The quantitative estimate of drug-likeness (QED) is 0.552. The van der Waals surface area contributed by atoms with Crippen molar-refractivity contribution in [1.82, 2.24) is 25.1 Å². The number of nitrogens with zero attached hydrogens (tertiary/aromatic N) is 5. The number of nitrogens with two attached hydrogens (primary N) is 1. The Hall–Kier alpha value is -2.82. The summed E-state index contributed by atoms with van der Waals surface area (Å²) in [6, 6.07) is 2.68. The minimum absolute atomic E-state index is 0.180. The van der Waals surface area contributed by atoms with Crippen LogP contribution in [0.5, 0.6) is 0 Å². The summed E-state index contributed by atoms with van der Waals surface area (Å²) in [5.74, 6) is -0.111. The first-order valence-corrected chi connectivity index (χ1v) is 12.2. The van der Waals surface area contributed by atoms with E-state index in [9.17, 15) is 4.79 Å². The molecule has 35 heavy (non-hydrogen) atoms. The van der Waals surface area contributed by atoms with Crippen molar-refractivity contribution in [3.63, 3.8) is 0 Å². The van der Waals surface area contributed by atoms with Gasteiger partial charge < -0.3 is 25.3 Å². The lowest BCUT2D eigenvalue weighted by atomic mass is 9.91. The van der Waals surface area contributed by atoms with Gasteiger partial charge in [0.05, 0.1) is 16.7 Å². The molecule has 0 saturated carbocycles. The van der Waals surface area contributed by atoms with Gasteiger partial charge in [-0.25, -0.2) is 9.37 Å². The van der Waals surface area contributed by atoms with Crippen molar-refractivity contribution in [2.45, 2.75) is 57.3 Å². The van der Waals surface area contributed by atoms with Crippen molar-refractivity contribution >= 4 is 34.4 Å². The van der Waals surface area contributed by atoms with E-state index in [0.29, 0.717) is 66.3 Å². The average molecular weight is 502 g/mol. The van der Waals surface area contributed by atoms with Crippen LogP contribution < -0.4 is 16.0 Å². The highest BCUT2D eigenvalue weighted by molar-refractivity contribution is 6.35. The summed E-state index contributed by atoms with van der Waals surface area (Å²) in [5.41, 5.74) is 7.81. The van der Waals surface area contributed by atoms with Crippen LogP contribution in [0, 0.1) is 5.82 Å². The molecule has 0 bridgehead atoms. The number of pyridine rings is 1. The van der Waals surface area contributed by atoms with E-state index in [2.05, 4.69) is 15.5 Å². The SMILES string of the molecule is CCn1cc(Cl)c2cc(C(=O)NC3CCc4nc(N5CC(N)C(C)(OC)C5)cc(F)c4C3)nnc21. The fraction of sp³-hybridized carbons (Fsp3) is 0.500. The van der Waals surface area contributed by atoms with Crippen molar-refractivity contribution < 1.29 is 13.9 Å². The molecular weight excluding hydrogens is 473 g/mol. The first-order chi connectivity index (χ1) is 16.7. The van der Waals surface area contributed by atoms with E-state index in [-0.39, 0.29) is 29.5 Å². The van der Waals surface area contributed by atoms with Crippen LogP contribution in [0.3, 0.4) is 0 Å². The van der Waals surface area contributed by atoms with Gasteiger partial charge >= 0.3 is 0 Å². The summed E-state index contributed by atoms with van der Waals surface area (Å²) in [6.45, 7) is 5.72. The molecule has 3 aromatic heterocycles. The zero-order valence-electron chi connectivity index (χ0n) is 20.0. The second-order valence-electron chi connectivity index (χ2n) is 9.53. The van der Waals surface area contributed by atoms with Gasteiger partial charge in [-0.1, -0.05) is 11.6 Å². The third-order valence-electron chi connectivity index (χ3n) is 7.30. The molecule has 0 radical (unpaired) electrons. The molecule has 3 atom stereocenters. The number of aromatic nitrogens is 4. The predicted octanol–water partition coefficient (Wildman–Crippen LogP) is 2.48. The molecule has 3 aromatic rings. The van der Waals surface area contributed by atoms with Crippen LogP contribution in [-0.2, 0) is 24.1 Å². The van der Waals surface area contributed by atoms with E-state index in [1.54, 1.807) is 19.4 Å². The van der Waals surface area contributed by atoms with Crippen LogP contribution >= 0.6 is 11.6 Å². The van der Waals surface area contributed by atoms with Crippen LogP contribution in [0.4, 0.5) is 10.2 Å². The van der Waals surface area contributed by atoms with E-state index >= 15 is 4.39 Å². The average Bonchev–Trinajstić information content (AvgIpc) is 3.34. The van der Waals surface area contributed by atoms with Gasteiger partial charge in [0.1, 0.15) is 11.6 Å². The third-order valence-corrected chi connectivity index (χ3v) is 7.60. The van der Waals surface area contributed by atoms with Gasteiger partial charge in [0.15, 0.2) is 11.3 Å². The summed E-state index contributed by atoms with van der Waals surface area (Å²) >= 11 is 6.30. The minimum atomic E-state index is -0.501. The molecule has 0 aromatic carbocycles. The number of fused-ring (bicyclic) bond motifs is 2. The van der Waals surface area contributed by atoms with Gasteiger partial charge in [-0.15, -0.1) is 10.2 Å². The molecule has 1 aliphatic heterocycles. The monoisotopic (exact) mass is 501 g/mol. The summed E-state index contributed by atoms with van der Waals surface area (Å²) in [5, 5.41) is 12.4. The molecule has 5 rings (SSSR count). The Morgan fingerprint density at radius 1 is 1.40 bits per heavy atom. The van der Waals surface area contributed by atoms with E-state index in [0.717, 1.165) is 5.69 Å². The highest BCUT2D eigenvalue weighted by Gasteiger charge is 2.42. The zero-order chi connectivity index (χ0) is 24.9. The van der Waals surface area contributed by atoms with Gasteiger partial charge in [0, 0.05) is 61.7 Å². The Morgan fingerprint density at radius 3 is 2.91 bits per heavy atom. The van der Waals surface area contributed by atoms with Crippen molar-refractivity contribution in [2.24, 2.45) is 5.73 Å². The Labute approximate surface area is 207 Å². The maximum atomic E-state index is 15.2. The maximum Gasteiger partial charge on any atom is 0.272 e. The Morgan fingerprint density at radius 2 is 2.20 bits per heavy atom. The van der Waals surface area contributed by atoms with Gasteiger partial charge in [-0.05, 0) is 39.2 Å². The number of amides is 1. The Bertz CT molecular complexity index is 1300. The first kappa shape index (κ1) is 23.9. The van der Waals surface area contributed by atoms with E-state index < -0.39 is 5.60 Å². The minimum Gasteiger partial charge on any atom is -0.375 e. The Kier molecular flexibility index (Phi) is 6.14. The molecule has 3 N–H and O–H groups in total. The van der Waals surface area contributed by atoms with Crippen LogP contribution in [0.2, 0.25) is 5.02 Å². The number of ether oxygens (including phenoxy) is 1. The van der Waals surface area contributed by atoms with E-state index in [1.165, 1.54) is 6.07 Å². The second kappa shape index (κ2) is 9.00. The number of halogens is 2. The van der Waals surface area contributed by atoms with Crippen LogP contribution in [0.1, 0.15) is 42.0 Å². The molecule has 1 amide bonds. The van der Waals surface area contributed by atoms with Gasteiger partial charge in [-0.2, -0.15) is 0 Å². The van der Waals surface area contributed by atoms with Crippen molar-refractivity contribution in [2.75, 3.05) is 25.1 Å². The molecule has 9 nitrogen and oxygen atoms in total. The molecule has 11 heteroatoms. The van der Waals surface area contributed by atoms with Crippen molar-refractivity contribution in [3.8, 4) is 0 Å². The highest BCUT2D eigenvalue weighted by atomic mass is 35.5. The number of carbonyl (C=O) groups is 1. The summed E-state index contributed by atoms with van der Waals surface area (Å²) < 4.78 is 22.6. The number of hydrogen-bond acceptors (Lipinski definition) is 7. The summed E-state index contributed by atoms with van der Waals surface area (Å²) in [6.07, 6.45) is 3.34. The number of nitrogens with one attached hydrogen (secondary N) is 1. The predicted molar refractivity (Wildman–Crippen MR) is 131 cm³/mol. The lowest BCUT2D eigenvalue weighted by Gasteiger charge is -2.28. The third kappa shape index (κ3) is 4.23. The molecule has 1 saturated heterocycles. The fourth-order valence-corrected chi connectivity index (χ4v) is 5.23. The molecule has 2 aliphatic rings. The Balaban J connectivity index is 1.30. The number of methoxy groups -OCH3 is 1. The molecule has 4 heterocycles. The van der Waals surface area contributed by atoms with Gasteiger partial charge in [0.25, 0.3) is 5.91 Å². The molecule has 1 aliphatic carbocycles.